The van der Waals surface area contributed by atoms with Crippen LogP contribution in [0.5, 0.6) is 0 Å². The fraction of sp³-hybridized carbons (Fsp3) is 0.364. The minimum atomic E-state index is -0.241. The molecular weight excluding hydrogens is 206 g/mol. The molecule has 5 nitrogen and oxygen atoms in total. The average molecular weight is 223 g/mol. The largest absolute Gasteiger partial charge is 0.399 e. The van der Waals surface area contributed by atoms with Crippen LogP contribution in [0, 0.1) is 0 Å². The van der Waals surface area contributed by atoms with Crippen molar-refractivity contribution in [1.82, 2.24) is 4.90 Å². The van der Waals surface area contributed by atoms with E-state index in [1.165, 1.54) is 4.90 Å². The first kappa shape index (κ1) is 12.3. The summed E-state index contributed by atoms with van der Waals surface area (Å²) < 4.78 is 0. The predicted molar refractivity (Wildman–Crippen MR) is 63.9 cm³/mol. The molecule has 1 aromatic rings. The molecule has 0 fully saturated rings. The molecule has 0 saturated heterocycles. The third kappa shape index (κ3) is 2.64. The zero-order chi connectivity index (χ0) is 12.3. The van der Waals surface area contributed by atoms with Crippen molar-refractivity contribution in [3.05, 3.63) is 23.8 Å². The van der Waals surface area contributed by atoms with Gasteiger partial charge >= 0.3 is 0 Å². The second kappa shape index (κ2) is 4.85. The second-order valence-electron chi connectivity index (χ2n) is 3.84. The lowest BCUT2D eigenvalue weighted by atomic mass is 10.1. The zero-order valence-corrected chi connectivity index (χ0v) is 9.47. The van der Waals surface area contributed by atoms with E-state index in [1.54, 1.807) is 32.2 Å². The molecule has 1 amide bonds. The summed E-state index contributed by atoms with van der Waals surface area (Å²) in [5.74, 6) is -0.208. The van der Waals surface area contributed by atoms with Crippen LogP contribution in [0.2, 0.25) is 0 Å². The van der Waals surface area contributed by atoms with E-state index >= 15 is 0 Å². The van der Waals surface area contributed by atoms with E-state index in [9.17, 15) is 4.79 Å². The van der Waals surface area contributed by atoms with Gasteiger partial charge in [0.15, 0.2) is 0 Å². The van der Waals surface area contributed by atoms with Gasteiger partial charge < -0.3 is 21.5 Å². The van der Waals surface area contributed by atoms with Crippen LogP contribution in [-0.2, 0) is 0 Å². The van der Waals surface area contributed by atoms with Crippen LogP contribution in [0.3, 0.4) is 0 Å². The van der Waals surface area contributed by atoms with Crippen molar-refractivity contribution in [2.75, 3.05) is 25.1 Å². The lowest BCUT2D eigenvalue weighted by Crippen LogP contribution is -2.37. The summed E-state index contributed by atoms with van der Waals surface area (Å²) in [7, 11) is 1.63. The van der Waals surface area contributed by atoms with Gasteiger partial charge in [-0.3, -0.25) is 4.79 Å². The number of nitrogens with zero attached hydrogens (tertiary/aromatic N) is 1. The Morgan fingerprint density at radius 3 is 2.31 bits per heavy atom. The number of aliphatic hydroxyl groups excluding tert-OH is 1. The highest BCUT2D eigenvalue weighted by Crippen LogP contribution is 2.15. The Balaban J connectivity index is 2.96. The smallest absolute Gasteiger partial charge is 0.254 e. The fourth-order valence-corrected chi connectivity index (χ4v) is 1.33. The molecule has 1 rings (SSSR count). The first-order valence-electron chi connectivity index (χ1n) is 4.99. The monoisotopic (exact) mass is 223 g/mol. The molecule has 16 heavy (non-hydrogen) atoms. The summed E-state index contributed by atoms with van der Waals surface area (Å²) in [6.07, 6.45) is 0. The summed E-state index contributed by atoms with van der Waals surface area (Å²) >= 11 is 0. The highest BCUT2D eigenvalue weighted by atomic mass is 16.3. The highest BCUT2D eigenvalue weighted by Gasteiger charge is 2.17. The third-order valence-electron chi connectivity index (χ3n) is 2.47. The number of hydrogen-bond donors (Lipinski definition) is 3. The van der Waals surface area contributed by atoms with Gasteiger partial charge in [0.1, 0.15) is 0 Å². The number of benzene rings is 1. The van der Waals surface area contributed by atoms with E-state index in [1.807, 2.05) is 0 Å². The molecule has 1 atom stereocenters. The van der Waals surface area contributed by atoms with Crippen LogP contribution in [0.15, 0.2) is 18.2 Å². The van der Waals surface area contributed by atoms with Gasteiger partial charge in [-0.05, 0) is 25.1 Å². The maximum atomic E-state index is 12.0. The minimum Gasteiger partial charge on any atom is -0.399 e. The summed E-state index contributed by atoms with van der Waals surface area (Å²) in [5, 5.41) is 8.97. The number of anilines is 2. The van der Waals surface area contributed by atoms with Crippen molar-refractivity contribution in [3.8, 4) is 0 Å². The second-order valence-corrected chi connectivity index (χ2v) is 3.84. The molecule has 1 aromatic carbocycles. The maximum Gasteiger partial charge on any atom is 0.254 e. The summed E-state index contributed by atoms with van der Waals surface area (Å²) in [6.45, 7) is 1.67. The van der Waals surface area contributed by atoms with Gasteiger partial charge in [-0.1, -0.05) is 0 Å². The van der Waals surface area contributed by atoms with Gasteiger partial charge in [-0.15, -0.1) is 0 Å². The Morgan fingerprint density at radius 2 is 1.88 bits per heavy atom. The Hall–Kier alpha value is -1.75. The van der Waals surface area contributed by atoms with Crippen molar-refractivity contribution < 1.29 is 9.90 Å². The number of amides is 1. The average Bonchev–Trinajstić information content (AvgIpc) is 2.24. The van der Waals surface area contributed by atoms with Gasteiger partial charge in [0.05, 0.1) is 12.6 Å². The lowest BCUT2D eigenvalue weighted by molar-refractivity contribution is 0.0682. The molecule has 0 bridgehead atoms. The maximum absolute atomic E-state index is 12.0. The molecule has 0 radical (unpaired) electrons. The summed E-state index contributed by atoms with van der Waals surface area (Å²) in [4.78, 5) is 13.4. The summed E-state index contributed by atoms with van der Waals surface area (Å²) in [6, 6.07) is 4.49. The quantitative estimate of drug-likeness (QED) is 0.643. The van der Waals surface area contributed by atoms with Crippen LogP contribution in [0.25, 0.3) is 0 Å². The highest BCUT2D eigenvalue weighted by molar-refractivity contribution is 5.96. The molecule has 0 aliphatic rings. The molecule has 0 aliphatic carbocycles. The van der Waals surface area contributed by atoms with E-state index in [0.717, 1.165) is 0 Å². The molecular formula is C11H17N3O2. The number of nitrogen functional groups attached to an aromatic ring is 2. The Morgan fingerprint density at radius 1 is 1.38 bits per heavy atom. The molecule has 0 saturated carbocycles. The molecule has 1 unspecified atom stereocenters. The van der Waals surface area contributed by atoms with Crippen molar-refractivity contribution in [2.45, 2.75) is 13.0 Å². The SMILES string of the molecule is CC(CO)N(C)C(=O)c1cc(N)cc(N)c1. The first-order valence-corrected chi connectivity index (χ1v) is 4.99. The zero-order valence-electron chi connectivity index (χ0n) is 9.47. The van der Waals surface area contributed by atoms with Crippen LogP contribution in [0.1, 0.15) is 17.3 Å². The van der Waals surface area contributed by atoms with Crippen molar-refractivity contribution >= 4 is 17.3 Å². The Labute approximate surface area is 94.7 Å². The molecule has 5 N–H and O–H groups in total. The topological polar surface area (TPSA) is 92.6 Å². The van der Waals surface area contributed by atoms with E-state index in [2.05, 4.69) is 0 Å². The molecule has 5 heteroatoms. The normalized spacial score (nSPS) is 12.2. The lowest BCUT2D eigenvalue weighted by Gasteiger charge is -2.23. The Bertz CT molecular complexity index is 373. The number of carbonyl (C=O) groups excluding carboxylic acids is 1. The number of likely N-dealkylation sites (N-methyl/N-ethyl adjacent to an activating group) is 1. The fourth-order valence-electron chi connectivity index (χ4n) is 1.33. The minimum absolute atomic E-state index is 0.0833. The number of aliphatic hydroxyl groups is 1. The van der Waals surface area contributed by atoms with E-state index < -0.39 is 0 Å². The van der Waals surface area contributed by atoms with E-state index in [4.69, 9.17) is 16.6 Å². The molecule has 0 spiro atoms. The van der Waals surface area contributed by atoms with Crippen LogP contribution >= 0.6 is 0 Å². The van der Waals surface area contributed by atoms with Gasteiger partial charge in [0.2, 0.25) is 0 Å². The van der Waals surface area contributed by atoms with Crippen molar-refractivity contribution in [1.29, 1.82) is 0 Å². The summed E-state index contributed by atoms with van der Waals surface area (Å²) in [5.41, 5.74) is 12.5. The first-order chi connectivity index (χ1) is 7.45. The third-order valence-corrected chi connectivity index (χ3v) is 2.47. The van der Waals surface area contributed by atoms with Crippen LogP contribution in [-0.4, -0.2) is 35.6 Å². The Kier molecular flexibility index (Phi) is 3.73. The molecule has 0 aromatic heterocycles. The van der Waals surface area contributed by atoms with Crippen LogP contribution < -0.4 is 11.5 Å². The molecule has 0 aliphatic heterocycles. The van der Waals surface area contributed by atoms with Crippen molar-refractivity contribution in [2.24, 2.45) is 0 Å². The van der Waals surface area contributed by atoms with Gasteiger partial charge in [0, 0.05) is 24.0 Å². The van der Waals surface area contributed by atoms with Gasteiger partial charge in [-0.25, -0.2) is 0 Å². The van der Waals surface area contributed by atoms with E-state index in [0.29, 0.717) is 16.9 Å². The van der Waals surface area contributed by atoms with Gasteiger partial charge in [0.25, 0.3) is 5.91 Å². The standard InChI is InChI=1S/C11H17N3O2/c1-7(6-15)14(2)11(16)8-3-9(12)5-10(13)4-8/h3-5,7,15H,6,12-13H2,1-2H3. The number of nitrogens with two attached hydrogens (primary N) is 2. The van der Waals surface area contributed by atoms with Crippen LogP contribution in [0.4, 0.5) is 11.4 Å². The number of rotatable bonds is 3. The van der Waals surface area contributed by atoms with Gasteiger partial charge in [-0.2, -0.15) is 0 Å². The molecule has 0 heterocycles. The number of carbonyl (C=O) groups is 1. The van der Waals surface area contributed by atoms with Crippen molar-refractivity contribution in [3.63, 3.8) is 0 Å². The molecule has 88 valence electrons. The van der Waals surface area contributed by atoms with E-state index in [-0.39, 0.29) is 18.6 Å². The number of hydrogen-bond acceptors (Lipinski definition) is 4. The predicted octanol–water partition coefficient (Wildman–Crippen LogP) is 0.304.